The van der Waals surface area contributed by atoms with E-state index >= 15 is 4.39 Å². The molecule has 0 unspecified atom stereocenters. The molecule has 1 aromatic carbocycles. The zero-order chi connectivity index (χ0) is 18.8. The van der Waals surface area contributed by atoms with E-state index in [1.807, 2.05) is 25.1 Å². The Morgan fingerprint density at radius 2 is 1.62 bits per heavy atom. The third kappa shape index (κ3) is 4.64. The molecule has 0 bridgehead atoms. The highest BCUT2D eigenvalue weighted by Crippen LogP contribution is 2.46. The monoisotopic (exact) mass is 359 g/mol. The van der Waals surface area contributed by atoms with Crippen LogP contribution in [0, 0.1) is 30.1 Å². The molecule has 0 heterocycles. The molecule has 1 aromatic rings. The molecule has 2 aliphatic rings. The van der Waals surface area contributed by atoms with Crippen LogP contribution in [0.15, 0.2) is 18.2 Å². The number of nitriles is 1. The normalized spacial score (nSPS) is 35.0. The maximum Gasteiger partial charge on any atom is 0.111 e. The first-order valence-corrected chi connectivity index (χ1v) is 10.2. The second-order valence-electron chi connectivity index (χ2n) is 9.00. The Hall–Kier alpha value is -1.43. The van der Waals surface area contributed by atoms with Crippen molar-refractivity contribution in [3.63, 3.8) is 0 Å². The highest BCUT2D eigenvalue weighted by molar-refractivity contribution is 5.39. The lowest BCUT2D eigenvalue weighted by Crippen LogP contribution is -2.35. The molecule has 0 aliphatic heterocycles. The molecular weight excluding hydrogens is 328 g/mol. The van der Waals surface area contributed by atoms with Crippen LogP contribution >= 0.6 is 0 Å². The molecule has 0 radical (unpaired) electrons. The molecule has 0 saturated heterocycles. The first kappa shape index (κ1) is 19.3. The highest BCUT2D eigenvalue weighted by atomic mass is 19.1. The van der Waals surface area contributed by atoms with Gasteiger partial charge in [-0.15, -0.1) is 0 Å². The molecule has 2 saturated carbocycles. The van der Waals surface area contributed by atoms with E-state index in [9.17, 15) is 4.39 Å². The van der Waals surface area contributed by atoms with Crippen LogP contribution in [0.1, 0.15) is 81.4 Å². The van der Waals surface area contributed by atoms with Gasteiger partial charge in [0.1, 0.15) is 11.3 Å². The summed E-state index contributed by atoms with van der Waals surface area (Å²) in [7, 11) is 0. The van der Waals surface area contributed by atoms with Gasteiger partial charge in [-0.2, -0.15) is 5.26 Å². The van der Waals surface area contributed by atoms with Crippen molar-refractivity contribution in [2.24, 2.45) is 11.8 Å². The van der Waals surface area contributed by atoms with Crippen molar-refractivity contribution >= 4 is 0 Å². The fourth-order valence-corrected chi connectivity index (χ4v) is 4.97. The summed E-state index contributed by atoms with van der Waals surface area (Å²) < 4.78 is 29.3. The quantitative estimate of drug-likeness (QED) is 0.593. The van der Waals surface area contributed by atoms with Gasteiger partial charge in [-0.3, -0.25) is 0 Å². The number of hydrogen-bond donors (Lipinski definition) is 0. The first-order chi connectivity index (χ1) is 12.3. The predicted molar refractivity (Wildman–Crippen MR) is 101 cm³/mol. The third-order valence-corrected chi connectivity index (χ3v) is 6.94. The molecule has 2 fully saturated rings. The summed E-state index contributed by atoms with van der Waals surface area (Å²) in [5.74, 6) is 1.19. The maximum absolute atomic E-state index is 15.3. The molecular formula is C23H31F2N. The van der Waals surface area contributed by atoms with Crippen LogP contribution in [0.3, 0.4) is 0 Å². The van der Waals surface area contributed by atoms with Gasteiger partial charge < -0.3 is 0 Å². The Balaban J connectivity index is 1.49. The van der Waals surface area contributed by atoms with Gasteiger partial charge >= 0.3 is 0 Å². The van der Waals surface area contributed by atoms with Crippen molar-refractivity contribution in [2.75, 3.05) is 0 Å². The first-order valence-electron chi connectivity index (χ1n) is 10.2. The Morgan fingerprint density at radius 3 is 2.15 bits per heavy atom. The fraction of sp³-hybridized carbons (Fsp3) is 0.696. The lowest BCUT2D eigenvalue weighted by atomic mass is 9.67. The lowest BCUT2D eigenvalue weighted by molar-refractivity contribution is 0.0305. The minimum atomic E-state index is -1.05. The number of nitrogens with zero attached hydrogens (tertiary/aromatic N) is 1. The van der Waals surface area contributed by atoms with Crippen LogP contribution in [-0.2, 0) is 6.42 Å². The van der Waals surface area contributed by atoms with Gasteiger partial charge in [0.25, 0.3) is 0 Å². The predicted octanol–water partition coefficient (Wildman–Crippen LogP) is 6.62. The SMILES string of the molecule is Cc1cc(CCC2(F)CCC(C3CCC(C)(F)CC3)CC2)ccc1C#N. The van der Waals surface area contributed by atoms with E-state index in [-0.39, 0.29) is 0 Å². The second kappa shape index (κ2) is 7.67. The summed E-state index contributed by atoms with van der Waals surface area (Å²) in [5, 5.41) is 9.01. The van der Waals surface area contributed by atoms with Crippen LogP contribution in [0.25, 0.3) is 0 Å². The fourth-order valence-electron chi connectivity index (χ4n) is 4.97. The topological polar surface area (TPSA) is 23.8 Å². The maximum atomic E-state index is 15.3. The van der Waals surface area contributed by atoms with E-state index in [4.69, 9.17) is 5.26 Å². The number of alkyl halides is 2. The van der Waals surface area contributed by atoms with E-state index in [0.717, 1.165) is 43.2 Å². The van der Waals surface area contributed by atoms with E-state index < -0.39 is 11.3 Å². The standard InChI is InChI=1S/C23H31F2N/c1-17-15-18(3-4-21(17)16-26)5-12-23(25)13-8-20(9-14-23)19-6-10-22(2,24)11-7-19/h3-4,15,19-20H,5-14H2,1-2H3. The molecule has 1 nitrogen and oxygen atoms in total. The summed E-state index contributed by atoms with van der Waals surface area (Å²) >= 11 is 0. The van der Waals surface area contributed by atoms with Gasteiger partial charge in [0.2, 0.25) is 0 Å². The van der Waals surface area contributed by atoms with Gasteiger partial charge in [0.15, 0.2) is 0 Å². The number of aryl methyl sites for hydroxylation is 2. The molecule has 3 heteroatoms. The molecule has 0 aromatic heterocycles. The Bertz CT molecular complexity index is 655. The van der Waals surface area contributed by atoms with Gasteiger partial charge in [-0.25, -0.2) is 8.78 Å². The zero-order valence-corrected chi connectivity index (χ0v) is 16.2. The Labute approximate surface area is 156 Å². The second-order valence-corrected chi connectivity index (χ2v) is 9.00. The largest absolute Gasteiger partial charge is 0.244 e. The molecule has 26 heavy (non-hydrogen) atoms. The summed E-state index contributed by atoms with van der Waals surface area (Å²) in [6, 6.07) is 7.99. The lowest BCUT2D eigenvalue weighted by Gasteiger charge is -2.41. The smallest absolute Gasteiger partial charge is 0.111 e. The molecule has 3 rings (SSSR count). The Kier molecular flexibility index (Phi) is 5.70. The van der Waals surface area contributed by atoms with Crippen LogP contribution < -0.4 is 0 Å². The van der Waals surface area contributed by atoms with Gasteiger partial charge in [-0.05, 0) is 107 Å². The average Bonchev–Trinajstić information content (AvgIpc) is 2.61. The van der Waals surface area contributed by atoms with Gasteiger partial charge in [-0.1, -0.05) is 12.1 Å². The average molecular weight is 360 g/mol. The van der Waals surface area contributed by atoms with E-state index in [1.165, 1.54) is 0 Å². The molecule has 0 atom stereocenters. The van der Waals surface area contributed by atoms with Crippen molar-refractivity contribution in [1.29, 1.82) is 5.26 Å². The number of halogens is 2. The van der Waals surface area contributed by atoms with Crippen LogP contribution in [-0.4, -0.2) is 11.3 Å². The minimum absolute atomic E-state index is 0.568. The van der Waals surface area contributed by atoms with Crippen molar-refractivity contribution in [2.45, 2.75) is 89.4 Å². The zero-order valence-electron chi connectivity index (χ0n) is 16.2. The summed E-state index contributed by atoms with van der Waals surface area (Å²) in [6.07, 6.45) is 7.80. The molecule has 0 amide bonds. The van der Waals surface area contributed by atoms with Crippen LogP contribution in [0.2, 0.25) is 0 Å². The Morgan fingerprint density at radius 1 is 1.04 bits per heavy atom. The number of hydrogen-bond acceptors (Lipinski definition) is 1. The number of rotatable bonds is 4. The van der Waals surface area contributed by atoms with Gasteiger partial charge in [0, 0.05) is 0 Å². The molecule has 0 spiro atoms. The van der Waals surface area contributed by atoms with Crippen molar-refractivity contribution in [3.8, 4) is 6.07 Å². The summed E-state index contributed by atoms with van der Waals surface area (Å²) in [5.41, 5.74) is 0.755. The van der Waals surface area contributed by atoms with Crippen molar-refractivity contribution in [1.82, 2.24) is 0 Å². The van der Waals surface area contributed by atoms with Crippen molar-refractivity contribution in [3.05, 3.63) is 34.9 Å². The van der Waals surface area contributed by atoms with E-state index in [2.05, 4.69) is 6.07 Å². The van der Waals surface area contributed by atoms with E-state index in [1.54, 1.807) is 6.92 Å². The summed E-state index contributed by atoms with van der Waals surface area (Å²) in [6.45, 7) is 3.66. The minimum Gasteiger partial charge on any atom is -0.244 e. The van der Waals surface area contributed by atoms with Crippen molar-refractivity contribution < 1.29 is 8.78 Å². The number of benzene rings is 1. The molecule has 0 N–H and O–H groups in total. The van der Waals surface area contributed by atoms with Gasteiger partial charge in [0.05, 0.1) is 11.6 Å². The molecule has 142 valence electrons. The van der Waals surface area contributed by atoms with E-state index in [0.29, 0.717) is 49.5 Å². The molecule has 2 aliphatic carbocycles. The highest BCUT2D eigenvalue weighted by Gasteiger charge is 2.40. The third-order valence-electron chi connectivity index (χ3n) is 6.94. The summed E-state index contributed by atoms with van der Waals surface area (Å²) in [4.78, 5) is 0. The van der Waals surface area contributed by atoms with Crippen LogP contribution in [0.5, 0.6) is 0 Å². The van der Waals surface area contributed by atoms with Crippen LogP contribution in [0.4, 0.5) is 8.78 Å².